The van der Waals surface area contributed by atoms with Gasteiger partial charge in [-0.2, -0.15) is 0 Å². The van der Waals surface area contributed by atoms with Gasteiger partial charge in [0.25, 0.3) is 0 Å². The second kappa shape index (κ2) is 6.89. The van der Waals surface area contributed by atoms with Gasteiger partial charge in [-0.15, -0.1) is 0 Å². The predicted octanol–water partition coefficient (Wildman–Crippen LogP) is 1.28. The number of unbranched alkanes of at least 4 members (excludes halogenated alkanes) is 1. The first-order valence-corrected chi connectivity index (χ1v) is 5.08. The average molecular weight is 186 g/mol. The Morgan fingerprint density at radius 1 is 1.54 bits per heavy atom. The highest BCUT2D eigenvalue weighted by molar-refractivity contribution is 5.79. The second-order valence-electron chi connectivity index (χ2n) is 3.73. The molecule has 1 unspecified atom stereocenters. The fourth-order valence-electron chi connectivity index (χ4n) is 1.45. The number of rotatable bonds is 7. The predicted molar refractivity (Wildman–Crippen MR) is 55.3 cm³/mol. The lowest BCUT2D eigenvalue weighted by Gasteiger charge is -2.17. The maximum Gasteiger partial charge on any atom is 0.234 e. The second-order valence-corrected chi connectivity index (χ2v) is 3.73. The zero-order valence-corrected chi connectivity index (χ0v) is 8.97. The first kappa shape index (κ1) is 12.4. The van der Waals surface area contributed by atoms with Crippen LogP contribution in [0, 0.1) is 5.92 Å². The summed E-state index contributed by atoms with van der Waals surface area (Å²) in [6, 6.07) is -0.160. The number of nitrogens with one attached hydrogen (secondary N) is 1. The van der Waals surface area contributed by atoms with Crippen molar-refractivity contribution in [1.29, 1.82) is 0 Å². The van der Waals surface area contributed by atoms with Crippen LogP contribution < -0.4 is 11.1 Å². The summed E-state index contributed by atoms with van der Waals surface area (Å²) < 4.78 is 0. The summed E-state index contributed by atoms with van der Waals surface area (Å²) in [5, 5.41) is 2.93. The third-order valence-electron chi connectivity index (χ3n) is 2.38. The van der Waals surface area contributed by atoms with Crippen LogP contribution in [0.2, 0.25) is 0 Å². The molecule has 1 amide bonds. The van der Waals surface area contributed by atoms with Crippen molar-refractivity contribution in [2.45, 2.75) is 45.6 Å². The van der Waals surface area contributed by atoms with Gasteiger partial charge in [-0.05, 0) is 19.4 Å². The Hall–Kier alpha value is -0.570. The standard InChI is InChI=1S/C10H22N2O/c1-4-5-6-8(2)7-9(12-3)10(11)13/h8-9,12H,4-7H2,1-3H3,(H2,11,13)/t8-,9?/m1/s1. The maximum atomic E-state index is 10.9. The summed E-state index contributed by atoms with van der Waals surface area (Å²) in [5.41, 5.74) is 5.22. The number of primary amides is 1. The van der Waals surface area contributed by atoms with E-state index in [0.29, 0.717) is 5.92 Å². The third kappa shape index (κ3) is 5.64. The van der Waals surface area contributed by atoms with Crippen LogP contribution in [0.4, 0.5) is 0 Å². The minimum absolute atomic E-state index is 0.160. The summed E-state index contributed by atoms with van der Waals surface area (Å²) in [5.74, 6) is 0.329. The molecule has 0 radical (unpaired) electrons. The van der Waals surface area contributed by atoms with E-state index >= 15 is 0 Å². The maximum absolute atomic E-state index is 10.9. The SMILES string of the molecule is CCCC[C@@H](C)CC(NC)C(N)=O. The number of nitrogens with two attached hydrogens (primary N) is 1. The highest BCUT2D eigenvalue weighted by Crippen LogP contribution is 2.13. The molecule has 3 nitrogen and oxygen atoms in total. The topological polar surface area (TPSA) is 55.1 Å². The van der Waals surface area contributed by atoms with E-state index < -0.39 is 0 Å². The van der Waals surface area contributed by atoms with Crippen molar-refractivity contribution in [2.24, 2.45) is 11.7 Å². The van der Waals surface area contributed by atoms with Crippen LogP contribution >= 0.6 is 0 Å². The van der Waals surface area contributed by atoms with Crippen LogP contribution in [0.25, 0.3) is 0 Å². The number of hydrogen-bond donors (Lipinski definition) is 2. The van der Waals surface area contributed by atoms with Crippen LogP contribution in [-0.4, -0.2) is 19.0 Å². The van der Waals surface area contributed by atoms with Crippen LogP contribution in [0.5, 0.6) is 0 Å². The molecule has 0 spiro atoms. The number of carbonyl (C=O) groups is 1. The van der Waals surface area contributed by atoms with Gasteiger partial charge >= 0.3 is 0 Å². The lowest BCUT2D eigenvalue weighted by Crippen LogP contribution is -2.40. The van der Waals surface area contributed by atoms with Gasteiger partial charge in [0.05, 0.1) is 6.04 Å². The summed E-state index contributed by atoms with van der Waals surface area (Å²) in [4.78, 5) is 10.9. The smallest absolute Gasteiger partial charge is 0.234 e. The fraction of sp³-hybridized carbons (Fsp3) is 0.900. The molecule has 0 aromatic heterocycles. The molecule has 2 atom stereocenters. The highest BCUT2D eigenvalue weighted by atomic mass is 16.1. The van der Waals surface area contributed by atoms with Crippen LogP contribution in [0.15, 0.2) is 0 Å². The molecule has 13 heavy (non-hydrogen) atoms. The molecule has 0 heterocycles. The van der Waals surface area contributed by atoms with Gasteiger partial charge in [0.2, 0.25) is 5.91 Å². The van der Waals surface area contributed by atoms with E-state index in [4.69, 9.17) is 5.73 Å². The van der Waals surface area contributed by atoms with E-state index in [2.05, 4.69) is 19.2 Å². The average Bonchev–Trinajstić information content (AvgIpc) is 2.10. The molecule has 0 rings (SSSR count). The van der Waals surface area contributed by atoms with Crippen LogP contribution in [0.1, 0.15) is 39.5 Å². The Morgan fingerprint density at radius 2 is 2.15 bits per heavy atom. The Balaban J connectivity index is 3.73. The number of likely N-dealkylation sites (N-methyl/N-ethyl adjacent to an activating group) is 1. The Labute approximate surface area is 81.1 Å². The van der Waals surface area contributed by atoms with Gasteiger partial charge in [-0.25, -0.2) is 0 Å². The van der Waals surface area contributed by atoms with E-state index in [0.717, 1.165) is 6.42 Å². The van der Waals surface area contributed by atoms with Gasteiger partial charge < -0.3 is 11.1 Å². The van der Waals surface area contributed by atoms with Crippen molar-refractivity contribution in [2.75, 3.05) is 7.05 Å². The number of carbonyl (C=O) groups excluding carboxylic acids is 1. The zero-order valence-electron chi connectivity index (χ0n) is 8.97. The largest absolute Gasteiger partial charge is 0.368 e. The fourth-order valence-corrected chi connectivity index (χ4v) is 1.45. The minimum Gasteiger partial charge on any atom is -0.368 e. The summed E-state index contributed by atoms with van der Waals surface area (Å²) in [6.45, 7) is 4.35. The van der Waals surface area contributed by atoms with Crippen LogP contribution in [0.3, 0.4) is 0 Å². The third-order valence-corrected chi connectivity index (χ3v) is 2.38. The summed E-state index contributed by atoms with van der Waals surface area (Å²) in [6.07, 6.45) is 4.48. The Bertz CT molecular complexity index is 148. The van der Waals surface area contributed by atoms with Gasteiger partial charge in [0, 0.05) is 0 Å². The molecule has 3 heteroatoms. The molecule has 0 aliphatic rings. The lowest BCUT2D eigenvalue weighted by atomic mass is 9.96. The molecule has 0 aromatic carbocycles. The van der Waals surface area contributed by atoms with Crippen molar-refractivity contribution in [3.05, 3.63) is 0 Å². The molecule has 78 valence electrons. The molecular weight excluding hydrogens is 164 g/mol. The summed E-state index contributed by atoms with van der Waals surface area (Å²) in [7, 11) is 1.78. The van der Waals surface area contributed by atoms with E-state index in [1.165, 1.54) is 19.3 Å². The lowest BCUT2D eigenvalue weighted by molar-refractivity contribution is -0.120. The number of amides is 1. The number of hydrogen-bond acceptors (Lipinski definition) is 2. The van der Waals surface area contributed by atoms with E-state index in [1.54, 1.807) is 7.05 Å². The van der Waals surface area contributed by atoms with Crippen molar-refractivity contribution >= 4 is 5.91 Å². The molecule has 0 saturated carbocycles. The molecule has 0 aliphatic carbocycles. The van der Waals surface area contributed by atoms with Crippen LogP contribution in [-0.2, 0) is 4.79 Å². The zero-order chi connectivity index (χ0) is 10.3. The molecule has 0 bridgehead atoms. The molecule has 0 aromatic rings. The molecule has 0 fully saturated rings. The van der Waals surface area contributed by atoms with Crippen molar-refractivity contribution in [1.82, 2.24) is 5.32 Å². The van der Waals surface area contributed by atoms with Crippen molar-refractivity contribution in [3.63, 3.8) is 0 Å². The quantitative estimate of drug-likeness (QED) is 0.629. The van der Waals surface area contributed by atoms with Gasteiger partial charge in [-0.3, -0.25) is 4.79 Å². The van der Waals surface area contributed by atoms with Gasteiger partial charge in [0.1, 0.15) is 0 Å². The van der Waals surface area contributed by atoms with E-state index in [-0.39, 0.29) is 11.9 Å². The van der Waals surface area contributed by atoms with E-state index in [9.17, 15) is 4.79 Å². The normalized spacial score (nSPS) is 15.3. The van der Waals surface area contributed by atoms with Gasteiger partial charge in [0.15, 0.2) is 0 Å². The highest BCUT2D eigenvalue weighted by Gasteiger charge is 2.15. The monoisotopic (exact) mass is 186 g/mol. The van der Waals surface area contributed by atoms with Gasteiger partial charge in [-0.1, -0.05) is 33.1 Å². The molecule has 3 N–H and O–H groups in total. The molecule has 0 saturated heterocycles. The van der Waals surface area contributed by atoms with E-state index in [1.807, 2.05) is 0 Å². The van der Waals surface area contributed by atoms with Crippen molar-refractivity contribution < 1.29 is 4.79 Å². The molecule has 0 aliphatic heterocycles. The molecular formula is C10H22N2O. The minimum atomic E-state index is -0.245. The Kier molecular flexibility index (Phi) is 6.59. The Morgan fingerprint density at radius 3 is 2.54 bits per heavy atom. The summed E-state index contributed by atoms with van der Waals surface area (Å²) >= 11 is 0. The first-order valence-electron chi connectivity index (χ1n) is 5.08. The van der Waals surface area contributed by atoms with Crippen molar-refractivity contribution in [3.8, 4) is 0 Å². The first-order chi connectivity index (χ1) is 6.11.